The molecule has 1 aromatic rings. The van der Waals surface area contributed by atoms with Crippen LogP contribution >= 0.6 is 11.3 Å². The Morgan fingerprint density at radius 3 is 2.76 bits per heavy atom. The van der Waals surface area contributed by atoms with Crippen LogP contribution in [0, 0.1) is 0 Å². The van der Waals surface area contributed by atoms with Crippen LogP contribution in [0.25, 0.3) is 0 Å². The topological polar surface area (TPSA) is 47.0 Å². The summed E-state index contributed by atoms with van der Waals surface area (Å²) in [5.41, 5.74) is 0. The zero-order valence-corrected chi connectivity index (χ0v) is 11.3. The lowest BCUT2D eigenvalue weighted by Gasteiger charge is -1.98. The molecular weight excluding hydrogens is 234 g/mol. The second-order valence-electron chi connectivity index (χ2n) is 4.37. The molecule has 0 atom stereocenters. The number of hydrogen-bond donors (Lipinski definition) is 1. The number of nitrogens with one attached hydrogen (secondary N) is 1. The molecule has 2 rings (SSSR count). The van der Waals surface area contributed by atoms with Crippen LogP contribution in [0.2, 0.25) is 0 Å². The van der Waals surface area contributed by atoms with E-state index in [0.29, 0.717) is 0 Å². The first-order chi connectivity index (χ1) is 8.38. The van der Waals surface area contributed by atoms with E-state index in [4.69, 9.17) is 4.74 Å². The van der Waals surface area contributed by atoms with Gasteiger partial charge in [-0.25, -0.2) is 0 Å². The smallest absolute Gasteiger partial charge is 0.118 e. The third-order valence-corrected chi connectivity index (χ3v) is 3.78. The lowest BCUT2D eigenvalue weighted by atomic mass is 10.3. The highest BCUT2D eigenvalue weighted by Crippen LogP contribution is 2.18. The predicted molar refractivity (Wildman–Crippen MR) is 69.5 cm³/mol. The fourth-order valence-electron chi connectivity index (χ4n) is 1.63. The maximum absolute atomic E-state index is 5.31. The highest BCUT2D eigenvalue weighted by molar-refractivity contribution is 7.11. The minimum absolute atomic E-state index is 0.786. The van der Waals surface area contributed by atoms with Crippen LogP contribution < -0.4 is 5.32 Å². The van der Waals surface area contributed by atoms with Crippen LogP contribution in [-0.4, -0.2) is 36.0 Å². The summed E-state index contributed by atoms with van der Waals surface area (Å²) in [5, 5.41) is 14.2. The molecule has 17 heavy (non-hydrogen) atoms. The molecule has 1 saturated carbocycles. The molecule has 0 amide bonds. The maximum Gasteiger partial charge on any atom is 0.118 e. The van der Waals surface area contributed by atoms with Gasteiger partial charge in [-0.15, -0.1) is 21.5 Å². The van der Waals surface area contributed by atoms with Gasteiger partial charge in [0.05, 0.1) is 0 Å². The highest BCUT2D eigenvalue weighted by Gasteiger charge is 2.19. The monoisotopic (exact) mass is 255 g/mol. The van der Waals surface area contributed by atoms with Crippen molar-refractivity contribution in [2.75, 3.05) is 19.8 Å². The molecule has 0 radical (unpaired) electrons. The Balaban J connectivity index is 1.60. The van der Waals surface area contributed by atoms with Crippen molar-refractivity contribution >= 4 is 11.3 Å². The fraction of sp³-hybridized carbons (Fsp3) is 0.833. The molecule has 1 aromatic heterocycles. The zero-order valence-electron chi connectivity index (χ0n) is 10.4. The summed E-state index contributed by atoms with van der Waals surface area (Å²) in [6.07, 6.45) is 5.74. The fourth-order valence-corrected chi connectivity index (χ4v) is 2.52. The Kier molecular flexibility index (Phi) is 5.35. The standard InChI is InChI=1S/C12H21N3OS/c1-2-16-9-3-4-11-14-15-12(17-11)7-8-13-10-5-6-10/h10,13H,2-9H2,1H3. The van der Waals surface area contributed by atoms with Gasteiger partial charge in [0.2, 0.25) is 0 Å². The Morgan fingerprint density at radius 2 is 2.06 bits per heavy atom. The van der Waals surface area contributed by atoms with E-state index in [0.717, 1.165) is 55.1 Å². The summed E-state index contributed by atoms with van der Waals surface area (Å²) < 4.78 is 5.31. The molecule has 1 aliphatic carbocycles. The Hall–Kier alpha value is -0.520. The van der Waals surface area contributed by atoms with Gasteiger partial charge < -0.3 is 10.1 Å². The number of aryl methyl sites for hydroxylation is 1. The first kappa shape index (κ1) is 12.9. The second kappa shape index (κ2) is 7.03. The van der Waals surface area contributed by atoms with E-state index in [1.54, 1.807) is 11.3 Å². The van der Waals surface area contributed by atoms with Gasteiger partial charge in [0.15, 0.2) is 0 Å². The molecule has 1 heterocycles. The van der Waals surface area contributed by atoms with E-state index in [1.807, 2.05) is 6.92 Å². The average Bonchev–Trinajstić information content (AvgIpc) is 3.04. The van der Waals surface area contributed by atoms with E-state index < -0.39 is 0 Å². The van der Waals surface area contributed by atoms with Crippen molar-refractivity contribution in [3.8, 4) is 0 Å². The number of hydrogen-bond acceptors (Lipinski definition) is 5. The summed E-state index contributed by atoms with van der Waals surface area (Å²) in [4.78, 5) is 0. The number of aromatic nitrogens is 2. The second-order valence-corrected chi connectivity index (χ2v) is 5.52. The normalized spacial score (nSPS) is 15.4. The lowest BCUT2D eigenvalue weighted by molar-refractivity contribution is 0.145. The van der Waals surface area contributed by atoms with Crippen molar-refractivity contribution in [2.24, 2.45) is 0 Å². The van der Waals surface area contributed by atoms with Gasteiger partial charge >= 0.3 is 0 Å². The summed E-state index contributed by atoms with van der Waals surface area (Å²) in [6, 6.07) is 0.786. The summed E-state index contributed by atoms with van der Waals surface area (Å²) >= 11 is 1.75. The molecule has 1 aliphatic rings. The van der Waals surface area contributed by atoms with Crippen molar-refractivity contribution in [2.45, 2.75) is 45.1 Å². The van der Waals surface area contributed by atoms with Gasteiger partial charge in [-0.2, -0.15) is 0 Å². The van der Waals surface area contributed by atoms with E-state index in [1.165, 1.54) is 12.8 Å². The summed E-state index contributed by atoms with van der Waals surface area (Å²) in [7, 11) is 0. The van der Waals surface area contributed by atoms with E-state index in [-0.39, 0.29) is 0 Å². The molecule has 0 saturated heterocycles. The maximum atomic E-state index is 5.31. The first-order valence-corrected chi connectivity index (χ1v) is 7.32. The number of nitrogens with zero attached hydrogens (tertiary/aromatic N) is 2. The Labute approximate surface area is 107 Å². The molecular formula is C12H21N3OS. The molecule has 0 aliphatic heterocycles. The molecule has 4 nitrogen and oxygen atoms in total. The molecule has 1 N–H and O–H groups in total. The number of rotatable bonds is 9. The third kappa shape index (κ3) is 5.10. The van der Waals surface area contributed by atoms with Gasteiger partial charge in [-0.05, 0) is 26.2 Å². The van der Waals surface area contributed by atoms with Crippen LogP contribution in [-0.2, 0) is 17.6 Å². The van der Waals surface area contributed by atoms with Crippen LogP contribution in [0.5, 0.6) is 0 Å². The molecule has 1 fully saturated rings. The third-order valence-electron chi connectivity index (χ3n) is 2.74. The largest absolute Gasteiger partial charge is 0.382 e. The first-order valence-electron chi connectivity index (χ1n) is 6.51. The molecule has 0 aromatic carbocycles. The molecule has 5 heteroatoms. The van der Waals surface area contributed by atoms with Crippen molar-refractivity contribution in [1.82, 2.24) is 15.5 Å². The molecule has 96 valence electrons. The van der Waals surface area contributed by atoms with Gasteiger partial charge in [0, 0.05) is 38.6 Å². The van der Waals surface area contributed by atoms with Gasteiger partial charge in [0.25, 0.3) is 0 Å². The molecule has 0 bridgehead atoms. The predicted octanol–water partition coefficient (Wildman–Crippen LogP) is 1.80. The molecule has 0 spiro atoms. The van der Waals surface area contributed by atoms with E-state index in [9.17, 15) is 0 Å². The van der Waals surface area contributed by atoms with E-state index in [2.05, 4.69) is 15.5 Å². The highest BCUT2D eigenvalue weighted by atomic mass is 32.1. The summed E-state index contributed by atoms with van der Waals surface area (Å²) in [5.74, 6) is 0. The van der Waals surface area contributed by atoms with Gasteiger partial charge in [0.1, 0.15) is 10.0 Å². The van der Waals surface area contributed by atoms with Crippen molar-refractivity contribution < 1.29 is 4.74 Å². The van der Waals surface area contributed by atoms with Gasteiger partial charge in [-0.3, -0.25) is 0 Å². The summed E-state index contributed by atoms with van der Waals surface area (Å²) in [6.45, 7) is 4.69. The quantitative estimate of drug-likeness (QED) is 0.684. The van der Waals surface area contributed by atoms with Crippen LogP contribution in [0.1, 0.15) is 36.2 Å². The SMILES string of the molecule is CCOCCCc1nnc(CCNC2CC2)s1. The van der Waals surface area contributed by atoms with E-state index >= 15 is 0 Å². The van der Waals surface area contributed by atoms with Crippen molar-refractivity contribution in [3.05, 3.63) is 10.0 Å². The van der Waals surface area contributed by atoms with Crippen molar-refractivity contribution in [3.63, 3.8) is 0 Å². The van der Waals surface area contributed by atoms with Crippen LogP contribution in [0.4, 0.5) is 0 Å². The molecule has 0 unspecified atom stereocenters. The van der Waals surface area contributed by atoms with Crippen molar-refractivity contribution in [1.29, 1.82) is 0 Å². The zero-order chi connectivity index (χ0) is 11.9. The van der Waals surface area contributed by atoms with Crippen LogP contribution in [0.3, 0.4) is 0 Å². The minimum Gasteiger partial charge on any atom is -0.382 e. The minimum atomic E-state index is 0.786. The Bertz CT molecular complexity index is 325. The average molecular weight is 255 g/mol. The van der Waals surface area contributed by atoms with Crippen LogP contribution in [0.15, 0.2) is 0 Å². The van der Waals surface area contributed by atoms with Gasteiger partial charge in [-0.1, -0.05) is 0 Å². The Morgan fingerprint density at radius 1 is 1.29 bits per heavy atom. The lowest BCUT2D eigenvalue weighted by Crippen LogP contribution is -2.19. The number of ether oxygens (including phenoxy) is 1.